The first-order valence-corrected chi connectivity index (χ1v) is 4.50. The lowest BCUT2D eigenvalue weighted by Crippen LogP contribution is -2.40. The Balaban J connectivity index is 1.79. The summed E-state index contributed by atoms with van der Waals surface area (Å²) in [6, 6.07) is -0.527. The fourth-order valence-corrected chi connectivity index (χ4v) is 1.67. The summed E-state index contributed by atoms with van der Waals surface area (Å²) in [6.07, 6.45) is 0.404. The Morgan fingerprint density at radius 1 is 1.62 bits per heavy atom. The van der Waals surface area contributed by atoms with E-state index < -0.39 is 12.2 Å². The molecule has 74 valence electrons. The van der Waals surface area contributed by atoms with Crippen LogP contribution in [0.1, 0.15) is 12.8 Å². The molecule has 0 aromatic heterocycles. The quantitative estimate of drug-likeness (QED) is 0.655. The van der Waals surface area contributed by atoms with Crippen molar-refractivity contribution in [1.29, 1.82) is 0 Å². The van der Waals surface area contributed by atoms with Crippen molar-refractivity contribution in [3.8, 4) is 0 Å². The van der Waals surface area contributed by atoms with E-state index in [1.807, 2.05) is 0 Å². The molecule has 0 aromatic rings. The van der Waals surface area contributed by atoms with Gasteiger partial charge in [-0.1, -0.05) is 0 Å². The van der Waals surface area contributed by atoms with E-state index in [0.717, 1.165) is 0 Å². The molecule has 1 saturated heterocycles. The Labute approximate surface area is 75.8 Å². The van der Waals surface area contributed by atoms with Crippen LogP contribution in [-0.2, 0) is 9.63 Å². The number of hydrogen-bond donors (Lipinski definition) is 1. The maximum Gasteiger partial charge on any atom is 0.265 e. The number of nitrogens with zero attached hydrogens (tertiary/aromatic N) is 1. The summed E-state index contributed by atoms with van der Waals surface area (Å²) in [6.45, 7) is 0.748. The lowest BCUT2D eigenvalue weighted by molar-refractivity contribution is -0.168. The van der Waals surface area contributed by atoms with E-state index in [1.165, 1.54) is 5.06 Å². The monoisotopic (exact) mass is 188 g/mol. The van der Waals surface area contributed by atoms with E-state index in [1.54, 1.807) is 0 Å². The van der Waals surface area contributed by atoms with Crippen molar-refractivity contribution < 1.29 is 14.0 Å². The van der Waals surface area contributed by atoms with Crippen molar-refractivity contribution in [3.05, 3.63) is 0 Å². The molecule has 1 unspecified atom stereocenters. The average Bonchev–Trinajstić information content (AvgIpc) is 2.33. The third-order valence-electron chi connectivity index (χ3n) is 2.58. The number of halogens is 1. The van der Waals surface area contributed by atoms with Crippen molar-refractivity contribution in [3.63, 3.8) is 0 Å². The molecular weight excluding hydrogens is 175 g/mol. The van der Waals surface area contributed by atoms with E-state index in [0.29, 0.717) is 19.4 Å². The Kier molecular flexibility index (Phi) is 2.21. The SMILES string of the molecule is NC1CON(CC2CC(F)C2)C1=O. The van der Waals surface area contributed by atoms with E-state index in [2.05, 4.69) is 0 Å². The van der Waals surface area contributed by atoms with Crippen LogP contribution in [0.3, 0.4) is 0 Å². The minimum atomic E-state index is -0.684. The number of amides is 1. The van der Waals surface area contributed by atoms with Gasteiger partial charge >= 0.3 is 0 Å². The number of rotatable bonds is 2. The Morgan fingerprint density at radius 3 is 2.77 bits per heavy atom. The highest BCUT2D eigenvalue weighted by Crippen LogP contribution is 2.31. The third-order valence-corrected chi connectivity index (χ3v) is 2.58. The number of hydroxylamine groups is 2. The molecule has 2 rings (SSSR count). The van der Waals surface area contributed by atoms with Gasteiger partial charge < -0.3 is 5.73 Å². The maximum atomic E-state index is 12.4. The molecule has 1 amide bonds. The van der Waals surface area contributed by atoms with Crippen LogP contribution in [0.5, 0.6) is 0 Å². The number of carbonyl (C=O) groups is 1. The average molecular weight is 188 g/mol. The molecule has 5 heteroatoms. The van der Waals surface area contributed by atoms with E-state index in [9.17, 15) is 9.18 Å². The van der Waals surface area contributed by atoms with Crippen LogP contribution in [0.15, 0.2) is 0 Å². The molecule has 2 aliphatic rings. The van der Waals surface area contributed by atoms with Crippen molar-refractivity contribution in [1.82, 2.24) is 5.06 Å². The lowest BCUT2D eigenvalue weighted by Gasteiger charge is -2.31. The molecule has 2 N–H and O–H groups in total. The first kappa shape index (κ1) is 8.90. The van der Waals surface area contributed by atoms with E-state index in [4.69, 9.17) is 10.6 Å². The molecule has 1 aliphatic heterocycles. The lowest BCUT2D eigenvalue weighted by atomic mass is 9.83. The van der Waals surface area contributed by atoms with Gasteiger partial charge in [0.25, 0.3) is 5.91 Å². The Hall–Kier alpha value is -0.680. The Bertz CT molecular complexity index is 218. The van der Waals surface area contributed by atoms with Gasteiger partial charge in [-0.15, -0.1) is 0 Å². The summed E-state index contributed by atoms with van der Waals surface area (Å²) in [4.78, 5) is 16.3. The summed E-state index contributed by atoms with van der Waals surface area (Å²) in [5.74, 6) is 0.0755. The molecular formula is C8H13FN2O2. The summed E-state index contributed by atoms with van der Waals surface area (Å²) in [5.41, 5.74) is 5.44. The molecule has 0 spiro atoms. The van der Waals surface area contributed by atoms with Gasteiger partial charge in [-0.25, -0.2) is 9.45 Å². The predicted octanol–water partition coefficient (Wildman–Crippen LogP) is -0.164. The fourth-order valence-electron chi connectivity index (χ4n) is 1.67. The van der Waals surface area contributed by atoms with Crippen LogP contribution in [0, 0.1) is 5.92 Å². The molecule has 4 nitrogen and oxygen atoms in total. The summed E-state index contributed by atoms with van der Waals surface area (Å²) < 4.78 is 12.4. The second kappa shape index (κ2) is 3.23. The maximum absolute atomic E-state index is 12.4. The summed E-state index contributed by atoms with van der Waals surface area (Å²) in [5, 5.41) is 1.28. The molecule has 13 heavy (non-hydrogen) atoms. The number of nitrogens with two attached hydrogens (primary N) is 1. The molecule has 0 radical (unpaired) electrons. The van der Waals surface area contributed by atoms with Crippen LogP contribution in [-0.4, -0.2) is 36.3 Å². The van der Waals surface area contributed by atoms with Gasteiger partial charge in [0.1, 0.15) is 12.2 Å². The molecule has 2 fully saturated rings. The topological polar surface area (TPSA) is 55.6 Å². The number of alkyl halides is 1. The van der Waals surface area contributed by atoms with Crippen molar-refractivity contribution in [2.45, 2.75) is 25.1 Å². The van der Waals surface area contributed by atoms with Crippen LogP contribution in [0.4, 0.5) is 4.39 Å². The van der Waals surface area contributed by atoms with Gasteiger partial charge in [0.15, 0.2) is 0 Å². The van der Waals surface area contributed by atoms with E-state index in [-0.39, 0.29) is 18.4 Å². The number of hydrogen-bond acceptors (Lipinski definition) is 3. The van der Waals surface area contributed by atoms with Gasteiger partial charge in [-0.05, 0) is 18.8 Å². The normalized spacial score (nSPS) is 39.4. The summed E-state index contributed by atoms with van der Waals surface area (Å²) >= 11 is 0. The fraction of sp³-hybridized carbons (Fsp3) is 0.875. The molecule has 0 aromatic carbocycles. The predicted molar refractivity (Wildman–Crippen MR) is 43.3 cm³/mol. The number of carbonyl (C=O) groups excluding carboxylic acids is 1. The third kappa shape index (κ3) is 1.66. The van der Waals surface area contributed by atoms with Crippen LogP contribution in [0.2, 0.25) is 0 Å². The van der Waals surface area contributed by atoms with Gasteiger partial charge in [-0.3, -0.25) is 9.63 Å². The zero-order valence-electron chi connectivity index (χ0n) is 7.28. The van der Waals surface area contributed by atoms with Gasteiger partial charge in [0.2, 0.25) is 0 Å². The molecule has 1 aliphatic carbocycles. The highest BCUT2D eigenvalue weighted by atomic mass is 19.1. The Morgan fingerprint density at radius 2 is 2.31 bits per heavy atom. The van der Waals surface area contributed by atoms with Gasteiger partial charge in [0.05, 0.1) is 13.2 Å². The molecule has 0 bridgehead atoms. The highest BCUT2D eigenvalue weighted by molar-refractivity contribution is 5.82. The minimum absolute atomic E-state index is 0.178. The highest BCUT2D eigenvalue weighted by Gasteiger charge is 2.36. The second-order valence-corrected chi connectivity index (χ2v) is 3.74. The van der Waals surface area contributed by atoms with Crippen LogP contribution in [0.25, 0.3) is 0 Å². The van der Waals surface area contributed by atoms with Crippen LogP contribution < -0.4 is 5.73 Å². The van der Waals surface area contributed by atoms with Crippen molar-refractivity contribution in [2.75, 3.05) is 13.2 Å². The van der Waals surface area contributed by atoms with Crippen molar-refractivity contribution >= 4 is 5.91 Å². The molecule has 1 atom stereocenters. The standard InChI is InChI=1S/C8H13FN2O2/c9-6-1-5(2-6)3-11-8(12)7(10)4-13-11/h5-7H,1-4,10H2. The van der Waals surface area contributed by atoms with Gasteiger partial charge in [0, 0.05) is 0 Å². The molecule has 1 saturated carbocycles. The smallest absolute Gasteiger partial charge is 0.265 e. The largest absolute Gasteiger partial charge is 0.318 e. The molecule has 1 heterocycles. The van der Waals surface area contributed by atoms with Gasteiger partial charge in [-0.2, -0.15) is 0 Å². The second-order valence-electron chi connectivity index (χ2n) is 3.74. The zero-order valence-corrected chi connectivity index (χ0v) is 7.28. The summed E-state index contributed by atoms with van der Waals surface area (Å²) in [7, 11) is 0. The minimum Gasteiger partial charge on any atom is -0.318 e. The van der Waals surface area contributed by atoms with Crippen molar-refractivity contribution in [2.24, 2.45) is 11.7 Å². The van der Waals surface area contributed by atoms with E-state index >= 15 is 0 Å². The zero-order chi connectivity index (χ0) is 9.42. The van der Waals surface area contributed by atoms with Crippen LogP contribution >= 0.6 is 0 Å². The first-order chi connectivity index (χ1) is 6.16. The first-order valence-electron chi connectivity index (χ1n) is 4.50.